The molecular weight excluding hydrogens is 328 g/mol. The van der Waals surface area contributed by atoms with E-state index in [9.17, 15) is 9.59 Å². The van der Waals surface area contributed by atoms with Crippen molar-refractivity contribution in [2.75, 3.05) is 0 Å². The van der Waals surface area contributed by atoms with Crippen LogP contribution in [0.5, 0.6) is 0 Å². The van der Waals surface area contributed by atoms with Crippen molar-refractivity contribution in [3.63, 3.8) is 0 Å². The van der Waals surface area contributed by atoms with E-state index in [1.165, 1.54) is 0 Å². The largest absolute Gasteiger partial charge is 0.453 e. The van der Waals surface area contributed by atoms with Crippen molar-refractivity contribution < 1.29 is 23.2 Å². The van der Waals surface area contributed by atoms with Crippen LogP contribution in [0.1, 0.15) is 33.6 Å². The standard InChI is InChI=1S/C16H30O5Si2/c1-10-11-16(19-14(17)12(2)3,20-15(18)13(4)5)22(6)21-23(7,8)9/h22H,2,4,10-11H2,1,3,5-9H3. The third-order valence-electron chi connectivity index (χ3n) is 2.98. The van der Waals surface area contributed by atoms with E-state index in [2.05, 4.69) is 13.2 Å². The monoisotopic (exact) mass is 358 g/mol. The number of esters is 2. The van der Waals surface area contributed by atoms with E-state index >= 15 is 0 Å². The molecule has 0 N–H and O–H groups in total. The topological polar surface area (TPSA) is 61.8 Å². The molecule has 0 rings (SSSR count). The molecular formula is C16H30O5Si2. The first-order chi connectivity index (χ1) is 10.3. The molecule has 0 aliphatic rings. The van der Waals surface area contributed by atoms with Crippen LogP contribution in [0.4, 0.5) is 0 Å². The highest BCUT2D eigenvalue weighted by atomic mass is 28.4. The summed E-state index contributed by atoms with van der Waals surface area (Å²) in [4.78, 5) is 24.2. The average Bonchev–Trinajstić information content (AvgIpc) is 2.36. The van der Waals surface area contributed by atoms with E-state index in [4.69, 9.17) is 13.6 Å². The van der Waals surface area contributed by atoms with E-state index < -0.39 is 34.7 Å². The summed E-state index contributed by atoms with van der Waals surface area (Å²) < 4.78 is 17.4. The lowest BCUT2D eigenvalue weighted by Gasteiger charge is -2.39. The molecule has 0 saturated carbocycles. The highest BCUT2D eigenvalue weighted by Gasteiger charge is 2.47. The fourth-order valence-electron chi connectivity index (χ4n) is 1.95. The van der Waals surface area contributed by atoms with Crippen LogP contribution in [0.3, 0.4) is 0 Å². The summed E-state index contributed by atoms with van der Waals surface area (Å²) in [5.74, 6) is -1.15. The number of hydrogen-bond acceptors (Lipinski definition) is 5. The van der Waals surface area contributed by atoms with Crippen molar-refractivity contribution in [3.8, 4) is 0 Å². The molecule has 0 radical (unpaired) electrons. The fourth-order valence-corrected chi connectivity index (χ4v) is 8.15. The van der Waals surface area contributed by atoms with Crippen molar-refractivity contribution in [2.24, 2.45) is 0 Å². The first-order valence-corrected chi connectivity index (χ1v) is 13.4. The Bertz CT molecular complexity index is 451. The number of hydrogen-bond donors (Lipinski definition) is 0. The van der Waals surface area contributed by atoms with E-state index in [0.717, 1.165) is 0 Å². The van der Waals surface area contributed by atoms with Gasteiger partial charge in [0.15, 0.2) is 8.32 Å². The van der Waals surface area contributed by atoms with Crippen molar-refractivity contribution in [2.45, 2.75) is 65.2 Å². The smallest absolute Gasteiger partial charge is 0.336 e. The Morgan fingerprint density at radius 2 is 1.43 bits per heavy atom. The van der Waals surface area contributed by atoms with Gasteiger partial charge in [0, 0.05) is 17.6 Å². The SMILES string of the molecule is C=C(C)C(=O)OC(CCC)(OC(=O)C(=C)C)[SiH](C)O[Si](C)(C)C. The summed E-state index contributed by atoms with van der Waals surface area (Å²) in [6.07, 6.45) is 1.07. The van der Waals surface area contributed by atoms with Gasteiger partial charge in [-0.15, -0.1) is 0 Å². The zero-order valence-corrected chi connectivity index (χ0v) is 17.6. The predicted octanol–water partition coefficient (Wildman–Crippen LogP) is 3.47. The van der Waals surface area contributed by atoms with Crippen molar-refractivity contribution in [3.05, 3.63) is 24.3 Å². The van der Waals surface area contributed by atoms with Gasteiger partial charge in [-0.2, -0.15) is 0 Å². The van der Waals surface area contributed by atoms with Crippen LogP contribution < -0.4 is 0 Å². The minimum absolute atomic E-state index is 0.256. The van der Waals surface area contributed by atoms with Crippen LogP contribution in [0.2, 0.25) is 26.2 Å². The van der Waals surface area contributed by atoms with Crippen LogP contribution in [0.25, 0.3) is 0 Å². The van der Waals surface area contributed by atoms with Gasteiger partial charge in [-0.3, -0.25) is 0 Å². The molecule has 0 aromatic carbocycles. The summed E-state index contributed by atoms with van der Waals surface area (Å²) in [6.45, 7) is 20.3. The molecule has 0 bridgehead atoms. The highest BCUT2D eigenvalue weighted by molar-refractivity contribution is 6.77. The van der Waals surface area contributed by atoms with Gasteiger partial charge in [0.1, 0.15) is 0 Å². The lowest BCUT2D eigenvalue weighted by Crippen LogP contribution is -2.56. The number of carbonyl (C=O) groups is 2. The maximum absolute atomic E-state index is 12.1. The molecule has 5 nitrogen and oxygen atoms in total. The normalized spacial score (nSPS) is 13.2. The molecule has 132 valence electrons. The summed E-state index contributed by atoms with van der Waals surface area (Å²) in [5.41, 5.74) is -0.835. The van der Waals surface area contributed by atoms with Crippen molar-refractivity contribution >= 4 is 29.3 Å². The van der Waals surface area contributed by atoms with Gasteiger partial charge in [0.05, 0.1) is 0 Å². The molecule has 0 aliphatic carbocycles. The molecule has 0 heterocycles. The van der Waals surface area contributed by atoms with Crippen molar-refractivity contribution in [1.29, 1.82) is 0 Å². The van der Waals surface area contributed by atoms with Gasteiger partial charge in [-0.25, -0.2) is 9.59 Å². The molecule has 0 aromatic rings. The Morgan fingerprint density at radius 3 is 1.70 bits per heavy atom. The lowest BCUT2D eigenvalue weighted by molar-refractivity contribution is -0.201. The van der Waals surface area contributed by atoms with Gasteiger partial charge in [-0.05, 0) is 46.5 Å². The van der Waals surface area contributed by atoms with Crippen molar-refractivity contribution in [1.82, 2.24) is 0 Å². The molecule has 7 heteroatoms. The molecule has 0 fully saturated rings. The summed E-state index contributed by atoms with van der Waals surface area (Å²) in [6, 6.07) is 0. The first-order valence-electron chi connectivity index (χ1n) is 7.80. The van der Waals surface area contributed by atoms with Crippen LogP contribution in [0.15, 0.2) is 24.3 Å². The first kappa shape index (κ1) is 21.8. The quantitative estimate of drug-likeness (QED) is 0.273. The van der Waals surface area contributed by atoms with E-state index in [1.54, 1.807) is 13.8 Å². The van der Waals surface area contributed by atoms with Gasteiger partial charge >= 0.3 is 11.9 Å². The second-order valence-corrected chi connectivity index (χ2v) is 14.1. The Morgan fingerprint density at radius 1 is 1.04 bits per heavy atom. The Labute approximate surface area is 142 Å². The molecule has 0 spiro atoms. The number of rotatable bonds is 9. The maximum Gasteiger partial charge on any atom is 0.336 e. The van der Waals surface area contributed by atoms with E-state index in [-0.39, 0.29) is 11.1 Å². The van der Waals surface area contributed by atoms with Gasteiger partial charge in [0.2, 0.25) is 0 Å². The summed E-state index contributed by atoms with van der Waals surface area (Å²) >= 11 is 0. The Balaban J connectivity index is 5.73. The molecule has 0 amide bonds. The molecule has 0 aromatic heterocycles. The zero-order chi connectivity index (χ0) is 18.4. The van der Waals surface area contributed by atoms with Gasteiger partial charge in [0.25, 0.3) is 14.5 Å². The van der Waals surface area contributed by atoms with Gasteiger partial charge in [-0.1, -0.05) is 20.1 Å². The minimum atomic E-state index is -2.20. The third kappa shape index (κ3) is 7.28. The Kier molecular flexibility index (Phi) is 8.16. The van der Waals surface area contributed by atoms with Crippen LogP contribution in [-0.2, 0) is 23.2 Å². The van der Waals surface area contributed by atoms with E-state index in [1.807, 2.05) is 33.1 Å². The molecule has 1 unspecified atom stereocenters. The Hall–Kier alpha value is -1.19. The maximum atomic E-state index is 12.1. The molecule has 0 saturated heterocycles. The predicted molar refractivity (Wildman–Crippen MR) is 96.9 cm³/mol. The van der Waals surface area contributed by atoms with Crippen LogP contribution >= 0.6 is 0 Å². The highest BCUT2D eigenvalue weighted by Crippen LogP contribution is 2.28. The number of ether oxygens (including phenoxy) is 2. The summed E-state index contributed by atoms with van der Waals surface area (Å²) in [7, 11) is -4.08. The average molecular weight is 359 g/mol. The third-order valence-corrected chi connectivity index (χ3v) is 8.98. The summed E-state index contributed by atoms with van der Waals surface area (Å²) in [5, 5.41) is 0. The molecule has 0 aliphatic heterocycles. The van der Waals surface area contributed by atoms with Gasteiger partial charge < -0.3 is 13.6 Å². The number of carbonyl (C=O) groups excluding carboxylic acids is 2. The van der Waals surface area contributed by atoms with Crippen LogP contribution in [0, 0.1) is 0 Å². The minimum Gasteiger partial charge on any atom is -0.453 e. The zero-order valence-electron chi connectivity index (χ0n) is 15.4. The lowest BCUT2D eigenvalue weighted by atomic mass is 10.3. The fraction of sp³-hybridized carbons (Fsp3) is 0.625. The van der Waals surface area contributed by atoms with E-state index in [0.29, 0.717) is 12.8 Å². The second kappa shape index (κ2) is 8.61. The second-order valence-electron chi connectivity index (χ2n) is 6.77. The molecule has 1 atom stereocenters. The van der Waals surface area contributed by atoms with Crippen LogP contribution in [-0.4, -0.2) is 34.7 Å². The molecule has 23 heavy (non-hydrogen) atoms.